The minimum atomic E-state index is -0.921. The van der Waals surface area contributed by atoms with Crippen LogP contribution in [0.2, 0.25) is 0 Å². The van der Waals surface area contributed by atoms with Crippen molar-refractivity contribution in [3.63, 3.8) is 0 Å². The smallest absolute Gasteiger partial charge is 0.217 e. The van der Waals surface area contributed by atoms with Crippen molar-refractivity contribution in [1.82, 2.24) is 10.3 Å². The summed E-state index contributed by atoms with van der Waals surface area (Å²) in [6, 6.07) is 21.8. The number of rotatable bonds is 8. The number of carbonyl (C=O) groups is 3. The molecule has 0 aliphatic rings. The predicted octanol–water partition coefficient (Wildman–Crippen LogP) is 4.21. The summed E-state index contributed by atoms with van der Waals surface area (Å²) >= 11 is 1.12. The van der Waals surface area contributed by atoms with E-state index in [1.165, 1.54) is 13.1 Å². The summed E-state index contributed by atoms with van der Waals surface area (Å²) in [6.45, 7) is 1.34. The van der Waals surface area contributed by atoms with E-state index in [0.29, 0.717) is 5.56 Å². The molecule has 3 aromatic rings. The number of amides is 1. The summed E-state index contributed by atoms with van der Waals surface area (Å²) in [7, 11) is 0. The molecule has 1 heterocycles. The number of hydrogen-bond donors (Lipinski definition) is 1. The molecular weight excluding hydrogens is 396 g/mol. The zero-order chi connectivity index (χ0) is 21.3. The molecule has 0 unspecified atom stereocenters. The van der Waals surface area contributed by atoms with E-state index in [1.807, 2.05) is 60.7 Å². The van der Waals surface area contributed by atoms with Crippen LogP contribution in [0.1, 0.15) is 40.1 Å². The first-order valence-electron chi connectivity index (χ1n) is 9.55. The van der Waals surface area contributed by atoms with Gasteiger partial charge in [-0.3, -0.25) is 19.4 Å². The highest BCUT2D eigenvalue weighted by Crippen LogP contribution is 2.36. The SMILES string of the molecule is CC(=O)N[C@H](CC(=O)c1cccnc1)C(=O)SC(c1ccccc1)c1ccccc1. The molecule has 1 amide bonds. The summed E-state index contributed by atoms with van der Waals surface area (Å²) in [5.74, 6) is -0.601. The van der Waals surface area contributed by atoms with Gasteiger partial charge >= 0.3 is 0 Å². The number of thioether (sulfide) groups is 1. The van der Waals surface area contributed by atoms with Crippen molar-refractivity contribution < 1.29 is 14.4 Å². The zero-order valence-corrected chi connectivity index (χ0v) is 17.3. The van der Waals surface area contributed by atoms with Crippen molar-refractivity contribution in [2.45, 2.75) is 24.6 Å². The van der Waals surface area contributed by atoms with E-state index >= 15 is 0 Å². The zero-order valence-electron chi connectivity index (χ0n) is 16.5. The average molecular weight is 419 g/mol. The van der Waals surface area contributed by atoms with Crippen LogP contribution < -0.4 is 5.32 Å². The normalized spacial score (nSPS) is 11.7. The van der Waals surface area contributed by atoms with Crippen molar-refractivity contribution in [3.05, 3.63) is 102 Å². The van der Waals surface area contributed by atoms with Gasteiger partial charge in [0.2, 0.25) is 11.0 Å². The average Bonchev–Trinajstić information content (AvgIpc) is 2.78. The quantitative estimate of drug-likeness (QED) is 0.555. The van der Waals surface area contributed by atoms with Crippen molar-refractivity contribution in [2.75, 3.05) is 0 Å². The van der Waals surface area contributed by atoms with Gasteiger partial charge in [-0.2, -0.15) is 0 Å². The van der Waals surface area contributed by atoms with Crippen LogP contribution in [0.5, 0.6) is 0 Å². The molecule has 0 radical (unpaired) electrons. The second-order valence-electron chi connectivity index (χ2n) is 6.76. The molecule has 0 bridgehead atoms. The van der Waals surface area contributed by atoms with E-state index in [4.69, 9.17) is 0 Å². The molecule has 1 atom stereocenters. The summed E-state index contributed by atoms with van der Waals surface area (Å²) in [6.07, 6.45) is 2.92. The molecule has 1 N–H and O–H groups in total. The third kappa shape index (κ3) is 5.87. The molecule has 0 aliphatic carbocycles. The summed E-state index contributed by atoms with van der Waals surface area (Å²) < 4.78 is 0. The Labute approximate surface area is 179 Å². The number of hydrogen-bond acceptors (Lipinski definition) is 5. The van der Waals surface area contributed by atoms with Gasteiger partial charge in [0.15, 0.2) is 5.78 Å². The number of pyridine rings is 1. The number of aromatic nitrogens is 1. The first-order valence-corrected chi connectivity index (χ1v) is 10.4. The Balaban J connectivity index is 1.83. The lowest BCUT2D eigenvalue weighted by Gasteiger charge is -2.21. The minimum Gasteiger partial charge on any atom is -0.345 e. The second kappa shape index (κ2) is 10.5. The Bertz CT molecular complexity index is 955. The van der Waals surface area contributed by atoms with Gasteiger partial charge in [-0.15, -0.1) is 0 Å². The van der Waals surface area contributed by atoms with Gasteiger partial charge < -0.3 is 5.32 Å². The van der Waals surface area contributed by atoms with Gasteiger partial charge in [-0.1, -0.05) is 72.4 Å². The van der Waals surface area contributed by atoms with Gasteiger partial charge in [0.1, 0.15) is 6.04 Å². The Morgan fingerprint density at radius 2 is 1.50 bits per heavy atom. The van der Waals surface area contributed by atoms with E-state index in [0.717, 1.165) is 22.9 Å². The lowest BCUT2D eigenvalue weighted by atomic mass is 10.0. The van der Waals surface area contributed by atoms with Crippen molar-refractivity contribution in [3.8, 4) is 0 Å². The fourth-order valence-electron chi connectivity index (χ4n) is 3.05. The predicted molar refractivity (Wildman–Crippen MR) is 118 cm³/mol. The molecule has 152 valence electrons. The van der Waals surface area contributed by atoms with Crippen LogP contribution >= 0.6 is 11.8 Å². The number of nitrogens with zero attached hydrogens (tertiary/aromatic N) is 1. The van der Waals surface area contributed by atoms with Crippen LogP contribution in [-0.2, 0) is 9.59 Å². The maximum Gasteiger partial charge on any atom is 0.217 e. The van der Waals surface area contributed by atoms with Crippen LogP contribution in [-0.4, -0.2) is 27.8 Å². The van der Waals surface area contributed by atoms with Crippen molar-refractivity contribution in [1.29, 1.82) is 0 Å². The number of ketones is 1. The molecule has 6 heteroatoms. The Morgan fingerprint density at radius 1 is 0.900 bits per heavy atom. The van der Waals surface area contributed by atoms with Crippen LogP contribution in [0.25, 0.3) is 0 Å². The Kier molecular flexibility index (Phi) is 7.51. The topological polar surface area (TPSA) is 76.1 Å². The van der Waals surface area contributed by atoms with Gasteiger partial charge in [0.25, 0.3) is 0 Å². The maximum absolute atomic E-state index is 13.2. The molecule has 3 rings (SSSR count). The van der Waals surface area contributed by atoms with E-state index in [1.54, 1.807) is 18.3 Å². The molecule has 30 heavy (non-hydrogen) atoms. The molecule has 2 aromatic carbocycles. The minimum absolute atomic E-state index is 0.118. The molecule has 0 saturated carbocycles. The van der Waals surface area contributed by atoms with E-state index in [-0.39, 0.29) is 28.5 Å². The molecule has 0 aliphatic heterocycles. The highest BCUT2D eigenvalue weighted by molar-refractivity contribution is 8.14. The first kappa shape index (κ1) is 21.5. The molecule has 0 saturated heterocycles. The highest BCUT2D eigenvalue weighted by atomic mass is 32.2. The van der Waals surface area contributed by atoms with Crippen LogP contribution in [0.4, 0.5) is 0 Å². The second-order valence-corrected chi connectivity index (χ2v) is 7.87. The van der Waals surface area contributed by atoms with Crippen molar-refractivity contribution >= 4 is 28.6 Å². The fourth-order valence-corrected chi connectivity index (χ4v) is 4.18. The monoisotopic (exact) mass is 418 g/mol. The lowest BCUT2D eigenvalue weighted by molar-refractivity contribution is -0.123. The van der Waals surface area contributed by atoms with Gasteiger partial charge in [0, 0.05) is 31.3 Å². The Morgan fingerprint density at radius 3 is 2.00 bits per heavy atom. The van der Waals surface area contributed by atoms with Gasteiger partial charge in [-0.25, -0.2) is 0 Å². The molecule has 1 aromatic heterocycles. The third-order valence-electron chi connectivity index (χ3n) is 4.47. The summed E-state index contributed by atoms with van der Waals surface area (Å²) in [5.41, 5.74) is 2.36. The van der Waals surface area contributed by atoms with E-state index in [2.05, 4.69) is 10.3 Å². The third-order valence-corrected chi connectivity index (χ3v) is 5.77. The van der Waals surface area contributed by atoms with E-state index < -0.39 is 6.04 Å². The lowest BCUT2D eigenvalue weighted by Crippen LogP contribution is -2.40. The largest absolute Gasteiger partial charge is 0.345 e. The van der Waals surface area contributed by atoms with Gasteiger partial charge in [0.05, 0.1) is 5.25 Å². The number of carbonyl (C=O) groups excluding carboxylic acids is 3. The first-order chi connectivity index (χ1) is 14.5. The van der Waals surface area contributed by atoms with Crippen LogP contribution in [0.15, 0.2) is 85.2 Å². The van der Waals surface area contributed by atoms with Crippen LogP contribution in [0, 0.1) is 0 Å². The summed E-state index contributed by atoms with van der Waals surface area (Å²) in [5, 5.41) is 2.13. The van der Waals surface area contributed by atoms with Crippen LogP contribution in [0.3, 0.4) is 0 Å². The highest BCUT2D eigenvalue weighted by Gasteiger charge is 2.28. The molecular formula is C24H22N2O3S. The Hall–Kier alpha value is -3.25. The maximum atomic E-state index is 13.2. The number of benzene rings is 2. The molecule has 0 spiro atoms. The number of Topliss-reactive ketones (excluding diaryl/α,β-unsaturated/α-hetero) is 1. The van der Waals surface area contributed by atoms with E-state index in [9.17, 15) is 14.4 Å². The fraction of sp³-hybridized carbons (Fsp3) is 0.167. The molecule has 5 nitrogen and oxygen atoms in total. The standard InChI is InChI=1S/C24H22N2O3S/c1-17(27)26-21(15-22(28)20-13-8-14-25-16-20)24(29)30-23(18-9-4-2-5-10-18)19-11-6-3-7-12-19/h2-14,16,21,23H,15H2,1H3,(H,26,27)/t21-/m1/s1. The summed E-state index contributed by atoms with van der Waals surface area (Å²) in [4.78, 5) is 41.5. The van der Waals surface area contributed by atoms with Gasteiger partial charge in [-0.05, 0) is 23.3 Å². The number of nitrogens with one attached hydrogen (secondary N) is 1. The molecule has 0 fully saturated rings. The van der Waals surface area contributed by atoms with Crippen molar-refractivity contribution in [2.24, 2.45) is 0 Å².